The lowest BCUT2D eigenvalue weighted by atomic mass is 9.89. The van der Waals surface area contributed by atoms with Crippen molar-refractivity contribution in [2.75, 3.05) is 0 Å². The molecule has 0 aromatic carbocycles. The molecule has 0 aliphatic heterocycles. The molecule has 19 heavy (non-hydrogen) atoms. The summed E-state index contributed by atoms with van der Waals surface area (Å²) in [6.07, 6.45) is 6.25. The third-order valence-corrected chi connectivity index (χ3v) is 4.63. The molecule has 1 heterocycles. The van der Waals surface area contributed by atoms with Crippen molar-refractivity contribution in [2.24, 2.45) is 17.8 Å². The van der Waals surface area contributed by atoms with E-state index in [0.29, 0.717) is 18.4 Å². The lowest BCUT2D eigenvalue weighted by molar-refractivity contribution is -0.384. The predicted octanol–water partition coefficient (Wildman–Crippen LogP) is 2.53. The molecule has 0 saturated heterocycles. The van der Waals surface area contributed by atoms with Crippen LogP contribution >= 0.6 is 0 Å². The van der Waals surface area contributed by atoms with Crippen molar-refractivity contribution >= 4 is 11.7 Å². The van der Waals surface area contributed by atoms with Crippen LogP contribution in [-0.2, 0) is 6.54 Å². The van der Waals surface area contributed by atoms with Crippen molar-refractivity contribution in [1.82, 2.24) is 4.57 Å². The third kappa shape index (κ3) is 2.11. The molecule has 1 N–H and O–H groups in total. The fourth-order valence-electron chi connectivity index (χ4n) is 3.78. The number of carbonyl (C=O) groups is 1. The molecule has 0 amide bonds. The van der Waals surface area contributed by atoms with E-state index in [1.54, 1.807) is 4.57 Å². The molecule has 3 rings (SSSR count). The molecule has 2 bridgehead atoms. The molecule has 3 unspecified atom stereocenters. The number of nitro groups is 1. The van der Waals surface area contributed by atoms with Crippen LogP contribution in [0.5, 0.6) is 0 Å². The Kier molecular flexibility index (Phi) is 2.80. The minimum atomic E-state index is -1.10. The summed E-state index contributed by atoms with van der Waals surface area (Å²) in [7, 11) is 0. The quantitative estimate of drug-likeness (QED) is 0.668. The van der Waals surface area contributed by atoms with Gasteiger partial charge in [-0.3, -0.25) is 10.1 Å². The van der Waals surface area contributed by atoms with Crippen LogP contribution in [0.1, 0.15) is 36.2 Å². The van der Waals surface area contributed by atoms with E-state index in [1.807, 2.05) is 0 Å². The fraction of sp³-hybridized carbons (Fsp3) is 0.615. The zero-order valence-electron chi connectivity index (χ0n) is 10.5. The monoisotopic (exact) mass is 264 g/mol. The van der Waals surface area contributed by atoms with Crippen molar-refractivity contribution in [3.05, 3.63) is 28.1 Å². The van der Waals surface area contributed by atoms with Gasteiger partial charge in [0.1, 0.15) is 5.69 Å². The maximum Gasteiger partial charge on any atom is 0.352 e. The summed E-state index contributed by atoms with van der Waals surface area (Å²) in [6.45, 7) is 0.594. The van der Waals surface area contributed by atoms with Crippen LogP contribution in [0.3, 0.4) is 0 Å². The van der Waals surface area contributed by atoms with E-state index < -0.39 is 10.9 Å². The molecule has 2 saturated carbocycles. The Morgan fingerprint density at radius 3 is 2.79 bits per heavy atom. The first-order chi connectivity index (χ1) is 9.04. The summed E-state index contributed by atoms with van der Waals surface area (Å²) < 4.78 is 1.55. The van der Waals surface area contributed by atoms with Gasteiger partial charge in [-0.15, -0.1) is 0 Å². The highest BCUT2D eigenvalue weighted by molar-refractivity contribution is 5.86. The number of aromatic carboxylic acids is 1. The molecule has 6 nitrogen and oxygen atoms in total. The predicted molar refractivity (Wildman–Crippen MR) is 67.0 cm³/mol. The summed E-state index contributed by atoms with van der Waals surface area (Å²) in [5.74, 6) is 0.835. The zero-order valence-corrected chi connectivity index (χ0v) is 10.5. The molecular weight excluding hydrogens is 248 g/mol. The molecule has 3 atom stereocenters. The van der Waals surface area contributed by atoms with Crippen molar-refractivity contribution in [2.45, 2.75) is 32.2 Å². The molecule has 102 valence electrons. The van der Waals surface area contributed by atoms with Gasteiger partial charge in [0.15, 0.2) is 0 Å². The number of fused-ring (bicyclic) bond motifs is 2. The van der Waals surface area contributed by atoms with Crippen molar-refractivity contribution in [1.29, 1.82) is 0 Å². The summed E-state index contributed by atoms with van der Waals surface area (Å²) in [6, 6.07) is 1.15. The smallest absolute Gasteiger partial charge is 0.352 e. The second-order valence-corrected chi connectivity index (χ2v) is 5.73. The van der Waals surface area contributed by atoms with Gasteiger partial charge >= 0.3 is 5.97 Å². The van der Waals surface area contributed by atoms with E-state index in [-0.39, 0.29) is 11.4 Å². The molecular formula is C13H16N2O4. The van der Waals surface area contributed by atoms with Gasteiger partial charge in [0.25, 0.3) is 5.69 Å². The number of carboxylic acids is 1. The maximum absolute atomic E-state index is 11.1. The van der Waals surface area contributed by atoms with E-state index in [1.165, 1.54) is 25.5 Å². The van der Waals surface area contributed by atoms with Gasteiger partial charge in [-0.25, -0.2) is 4.79 Å². The van der Waals surface area contributed by atoms with Crippen LogP contribution in [0.4, 0.5) is 5.69 Å². The summed E-state index contributed by atoms with van der Waals surface area (Å²) >= 11 is 0. The zero-order chi connectivity index (χ0) is 13.6. The van der Waals surface area contributed by atoms with E-state index >= 15 is 0 Å². The minimum Gasteiger partial charge on any atom is -0.477 e. The Morgan fingerprint density at radius 2 is 2.26 bits per heavy atom. The first-order valence-electron chi connectivity index (χ1n) is 6.62. The highest BCUT2D eigenvalue weighted by atomic mass is 16.6. The molecule has 1 aromatic heterocycles. The van der Waals surface area contributed by atoms with E-state index in [2.05, 4.69) is 0 Å². The number of nitrogens with zero attached hydrogens (tertiary/aromatic N) is 2. The van der Waals surface area contributed by atoms with Gasteiger partial charge in [0.05, 0.1) is 11.1 Å². The van der Waals surface area contributed by atoms with Gasteiger partial charge < -0.3 is 9.67 Å². The van der Waals surface area contributed by atoms with Gasteiger partial charge in [-0.05, 0) is 37.0 Å². The van der Waals surface area contributed by atoms with Crippen molar-refractivity contribution in [3.8, 4) is 0 Å². The average Bonchev–Trinajstić information content (AvgIpc) is 3.02. The maximum atomic E-state index is 11.1. The Bertz CT molecular complexity index is 537. The second kappa shape index (κ2) is 4.36. The number of carboxylic acid groups (broad SMARTS) is 1. The molecule has 0 radical (unpaired) electrons. The molecule has 2 fully saturated rings. The summed E-state index contributed by atoms with van der Waals surface area (Å²) in [5.41, 5.74) is -0.116. The number of rotatable bonds is 4. The minimum absolute atomic E-state index is 0.0227. The van der Waals surface area contributed by atoms with E-state index in [4.69, 9.17) is 5.11 Å². The number of aromatic nitrogens is 1. The third-order valence-electron chi connectivity index (χ3n) is 4.63. The number of hydrogen-bond donors (Lipinski definition) is 1. The average molecular weight is 264 g/mol. The second-order valence-electron chi connectivity index (χ2n) is 5.73. The highest BCUT2D eigenvalue weighted by Gasteiger charge is 2.39. The normalized spacial score (nSPS) is 28.7. The van der Waals surface area contributed by atoms with E-state index in [0.717, 1.165) is 18.4 Å². The largest absolute Gasteiger partial charge is 0.477 e. The topological polar surface area (TPSA) is 85.4 Å². The SMILES string of the molecule is O=C(O)c1cc([N+](=O)[O-])cn1CC1CC2CCC1C2. The summed E-state index contributed by atoms with van der Waals surface area (Å²) in [4.78, 5) is 21.4. The lowest BCUT2D eigenvalue weighted by Crippen LogP contribution is -2.19. The Hall–Kier alpha value is -1.85. The molecule has 1 aromatic rings. The Balaban J connectivity index is 1.83. The van der Waals surface area contributed by atoms with Gasteiger partial charge in [-0.2, -0.15) is 0 Å². The fourth-order valence-corrected chi connectivity index (χ4v) is 3.78. The number of hydrogen-bond acceptors (Lipinski definition) is 3. The van der Waals surface area contributed by atoms with Crippen molar-refractivity contribution < 1.29 is 14.8 Å². The Morgan fingerprint density at radius 1 is 1.47 bits per heavy atom. The molecule has 0 spiro atoms. The van der Waals surface area contributed by atoms with Gasteiger partial charge in [0, 0.05) is 12.6 Å². The van der Waals surface area contributed by atoms with Gasteiger partial charge in [0.2, 0.25) is 0 Å². The lowest BCUT2D eigenvalue weighted by Gasteiger charge is -2.22. The van der Waals surface area contributed by atoms with Crippen LogP contribution < -0.4 is 0 Å². The standard InChI is InChI=1S/C13H16N2O4/c16-13(17)12-5-11(15(18)19)7-14(12)6-10-4-8-1-2-9(10)3-8/h5,7-10H,1-4,6H2,(H,16,17). The summed E-state index contributed by atoms with van der Waals surface area (Å²) in [5, 5.41) is 19.9. The Labute approximate surface area is 110 Å². The first-order valence-corrected chi connectivity index (χ1v) is 6.62. The molecule has 2 aliphatic rings. The van der Waals surface area contributed by atoms with Crippen LogP contribution in [0.15, 0.2) is 12.3 Å². The molecule has 6 heteroatoms. The highest BCUT2D eigenvalue weighted by Crippen LogP contribution is 2.49. The first kappa shape index (κ1) is 12.2. The van der Waals surface area contributed by atoms with Crippen LogP contribution in [0.25, 0.3) is 0 Å². The van der Waals surface area contributed by atoms with Crippen LogP contribution in [-0.4, -0.2) is 20.6 Å². The van der Waals surface area contributed by atoms with Crippen molar-refractivity contribution in [3.63, 3.8) is 0 Å². The van der Waals surface area contributed by atoms with Crippen LogP contribution in [0.2, 0.25) is 0 Å². The molecule has 2 aliphatic carbocycles. The van der Waals surface area contributed by atoms with E-state index in [9.17, 15) is 14.9 Å². The van der Waals surface area contributed by atoms with Gasteiger partial charge in [-0.1, -0.05) is 6.42 Å². The van der Waals surface area contributed by atoms with Crippen LogP contribution in [0, 0.1) is 27.9 Å².